The predicted molar refractivity (Wildman–Crippen MR) is 98.4 cm³/mol. The molecule has 2 aliphatic heterocycles. The van der Waals surface area contributed by atoms with Crippen molar-refractivity contribution in [3.8, 4) is 5.75 Å². The second-order valence-electron chi connectivity index (χ2n) is 6.53. The van der Waals surface area contributed by atoms with Crippen molar-refractivity contribution in [3.05, 3.63) is 28.2 Å². The van der Waals surface area contributed by atoms with Gasteiger partial charge in [-0.05, 0) is 63.5 Å². The fraction of sp³-hybridized carbons (Fsp3) is 0.611. The Labute approximate surface area is 152 Å². The first-order chi connectivity index (χ1) is 11.7. The van der Waals surface area contributed by atoms with Gasteiger partial charge in [0.1, 0.15) is 5.75 Å². The van der Waals surface area contributed by atoms with Crippen molar-refractivity contribution >= 4 is 22.0 Å². The van der Waals surface area contributed by atoms with Crippen LogP contribution in [-0.4, -0.2) is 43.7 Å². The van der Waals surface area contributed by atoms with Crippen LogP contribution in [0.1, 0.15) is 43.7 Å². The second kappa shape index (κ2) is 8.72. The van der Waals surface area contributed by atoms with E-state index in [4.69, 9.17) is 4.74 Å². The molecule has 0 aromatic heterocycles. The molecule has 0 spiro atoms. The Bertz CT molecular complexity index is 561. The SMILES string of the molecule is O=C(NCCCCN1CCCC1)NC1CCOc2ccc(Br)cc21. The van der Waals surface area contributed by atoms with E-state index in [0.717, 1.165) is 48.1 Å². The van der Waals surface area contributed by atoms with Crippen LogP contribution in [0.2, 0.25) is 0 Å². The molecule has 0 bridgehead atoms. The van der Waals surface area contributed by atoms with Crippen LogP contribution >= 0.6 is 15.9 Å². The number of rotatable bonds is 6. The van der Waals surface area contributed by atoms with E-state index < -0.39 is 0 Å². The smallest absolute Gasteiger partial charge is 0.315 e. The Kier molecular flexibility index (Phi) is 6.37. The van der Waals surface area contributed by atoms with Crippen LogP contribution in [0.15, 0.2) is 22.7 Å². The van der Waals surface area contributed by atoms with Crippen LogP contribution in [-0.2, 0) is 0 Å². The third-order valence-electron chi connectivity index (χ3n) is 4.70. The topological polar surface area (TPSA) is 53.6 Å². The van der Waals surface area contributed by atoms with Gasteiger partial charge in [-0.3, -0.25) is 0 Å². The zero-order valence-electron chi connectivity index (χ0n) is 14.0. The van der Waals surface area contributed by atoms with Crippen molar-refractivity contribution in [3.63, 3.8) is 0 Å². The maximum atomic E-state index is 12.1. The van der Waals surface area contributed by atoms with Crippen LogP contribution in [0, 0.1) is 0 Å². The van der Waals surface area contributed by atoms with Gasteiger partial charge in [-0.15, -0.1) is 0 Å². The van der Waals surface area contributed by atoms with Gasteiger partial charge in [0, 0.05) is 23.0 Å². The standard InChI is InChI=1S/C18H26BrN3O2/c19-14-5-6-17-15(13-14)16(7-12-24-17)21-18(23)20-8-1-2-9-22-10-3-4-11-22/h5-6,13,16H,1-4,7-12H2,(H2,20,21,23). The highest BCUT2D eigenvalue weighted by atomic mass is 79.9. The lowest BCUT2D eigenvalue weighted by Gasteiger charge is -2.27. The fourth-order valence-electron chi connectivity index (χ4n) is 3.39. The molecule has 6 heteroatoms. The number of amides is 2. The van der Waals surface area contributed by atoms with Crippen molar-refractivity contribution in [2.75, 3.05) is 32.8 Å². The fourth-order valence-corrected chi connectivity index (χ4v) is 3.77. The molecule has 1 saturated heterocycles. The molecule has 0 aliphatic carbocycles. The number of nitrogens with one attached hydrogen (secondary N) is 2. The van der Waals surface area contributed by atoms with Crippen molar-refractivity contribution in [1.29, 1.82) is 0 Å². The first kappa shape index (κ1) is 17.5. The zero-order valence-corrected chi connectivity index (χ0v) is 15.6. The molecule has 2 aliphatic rings. The molecule has 2 amide bonds. The third kappa shape index (κ3) is 4.86. The van der Waals surface area contributed by atoms with Gasteiger partial charge in [0.05, 0.1) is 12.6 Å². The quantitative estimate of drug-likeness (QED) is 0.725. The van der Waals surface area contributed by atoms with E-state index in [-0.39, 0.29) is 12.1 Å². The minimum absolute atomic E-state index is 0.0100. The highest BCUT2D eigenvalue weighted by Gasteiger charge is 2.23. The van der Waals surface area contributed by atoms with Gasteiger partial charge in [-0.1, -0.05) is 15.9 Å². The number of benzene rings is 1. The number of fused-ring (bicyclic) bond motifs is 1. The van der Waals surface area contributed by atoms with Crippen molar-refractivity contribution in [1.82, 2.24) is 15.5 Å². The number of unbranched alkanes of at least 4 members (excludes halogenated alkanes) is 1. The number of nitrogens with zero attached hydrogens (tertiary/aromatic N) is 1. The summed E-state index contributed by atoms with van der Waals surface area (Å²) < 4.78 is 6.66. The summed E-state index contributed by atoms with van der Waals surface area (Å²) in [4.78, 5) is 14.7. The number of carbonyl (C=O) groups is 1. The van der Waals surface area contributed by atoms with Gasteiger partial charge in [0.2, 0.25) is 0 Å². The van der Waals surface area contributed by atoms with Crippen LogP contribution in [0.25, 0.3) is 0 Å². The third-order valence-corrected chi connectivity index (χ3v) is 5.20. The number of hydrogen-bond acceptors (Lipinski definition) is 3. The summed E-state index contributed by atoms with van der Waals surface area (Å²) in [6.07, 6.45) is 5.64. The summed E-state index contributed by atoms with van der Waals surface area (Å²) in [6, 6.07) is 5.85. The lowest BCUT2D eigenvalue weighted by Crippen LogP contribution is -2.40. The molecular formula is C18H26BrN3O2. The van der Waals surface area contributed by atoms with E-state index in [1.54, 1.807) is 0 Å². The van der Waals surface area contributed by atoms with Crippen LogP contribution in [0.3, 0.4) is 0 Å². The molecular weight excluding hydrogens is 370 g/mol. The van der Waals surface area contributed by atoms with E-state index in [0.29, 0.717) is 6.61 Å². The van der Waals surface area contributed by atoms with Crippen LogP contribution in [0.5, 0.6) is 5.75 Å². The number of ether oxygens (including phenoxy) is 1. The summed E-state index contributed by atoms with van der Waals surface area (Å²) in [5.74, 6) is 0.861. The number of carbonyl (C=O) groups excluding carboxylic acids is 1. The molecule has 3 rings (SSSR count). The summed E-state index contributed by atoms with van der Waals surface area (Å²) in [6.45, 7) is 5.01. The molecule has 132 valence electrons. The Morgan fingerprint density at radius 2 is 2.12 bits per heavy atom. The molecule has 2 heterocycles. The first-order valence-corrected chi connectivity index (χ1v) is 9.70. The Morgan fingerprint density at radius 3 is 2.96 bits per heavy atom. The van der Waals surface area contributed by atoms with Crippen LogP contribution in [0.4, 0.5) is 4.79 Å². The summed E-state index contributed by atoms with van der Waals surface area (Å²) in [7, 11) is 0. The van der Waals surface area contributed by atoms with E-state index >= 15 is 0 Å². The average molecular weight is 396 g/mol. The van der Waals surface area contributed by atoms with Crippen molar-refractivity contribution in [2.45, 2.75) is 38.1 Å². The Morgan fingerprint density at radius 1 is 1.29 bits per heavy atom. The van der Waals surface area contributed by atoms with E-state index in [1.165, 1.54) is 25.9 Å². The maximum absolute atomic E-state index is 12.1. The lowest BCUT2D eigenvalue weighted by molar-refractivity contribution is 0.223. The number of halogens is 1. The number of likely N-dealkylation sites (tertiary alicyclic amines) is 1. The number of hydrogen-bond donors (Lipinski definition) is 2. The predicted octanol–water partition coefficient (Wildman–Crippen LogP) is 3.45. The average Bonchev–Trinajstić information content (AvgIpc) is 3.08. The molecule has 1 atom stereocenters. The van der Waals surface area contributed by atoms with Gasteiger partial charge in [0.25, 0.3) is 0 Å². The summed E-state index contributed by atoms with van der Waals surface area (Å²) in [5, 5.41) is 6.05. The number of urea groups is 1. The van der Waals surface area contributed by atoms with E-state index in [1.807, 2.05) is 18.2 Å². The molecule has 1 aromatic carbocycles. The highest BCUT2D eigenvalue weighted by molar-refractivity contribution is 9.10. The van der Waals surface area contributed by atoms with Gasteiger partial charge in [-0.25, -0.2) is 4.79 Å². The molecule has 1 unspecified atom stereocenters. The van der Waals surface area contributed by atoms with Gasteiger partial charge >= 0.3 is 6.03 Å². The minimum atomic E-state index is -0.0889. The van der Waals surface area contributed by atoms with E-state index in [9.17, 15) is 4.79 Å². The molecule has 0 radical (unpaired) electrons. The Hall–Kier alpha value is -1.27. The lowest BCUT2D eigenvalue weighted by atomic mass is 10.0. The molecule has 0 saturated carbocycles. The van der Waals surface area contributed by atoms with E-state index in [2.05, 4.69) is 31.5 Å². The minimum Gasteiger partial charge on any atom is -0.493 e. The second-order valence-corrected chi connectivity index (χ2v) is 7.44. The zero-order chi connectivity index (χ0) is 16.8. The molecule has 5 nitrogen and oxygen atoms in total. The van der Waals surface area contributed by atoms with Gasteiger partial charge in [0.15, 0.2) is 0 Å². The first-order valence-electron chi connectivity index (χ1n) is 8.91. The summed E-state index contributed by atoms with van der Waals surface area (Å²) >= 11 is 3.48. The van der Waals surface area contributed by atoms with Gasteiger partial charge in [-0.2, -0.15) is 0 Å². The van der Waals surface area contributed by atoms with Crippen molar-refractivity contribution in [2.24, 2.45) is 0 Å². The van der Waals surface area contributed by atoms with Gasteiger partial charge < -0.3 is 20.3 Å². The summed E-state index contributed by atoms with van der Waals surface area (Å²) in [5.41, 5.74) is 1.04. The van der Waals surface area contributed by atoms with Crippen LogP contribution < -0.4 is 15.4 Å². The largest absolute Gasteiger partial charge is 0.493 e. The molecule has 1 fully saturated rings. The molecule has 1 aromatic rings. The monoisotopic (exact) mass is 395 g/mol. The highest BCUT2D eigenvalue weighted by Crippen LogP contribution is 2.33. The Balaban J connectivity index is 1.38. The molecule has 24 heavy (non-hydrogen) atoms. The van der Waals surface area contributed by atoms with Crippen molar-refractivity contribution < 1.29 is 9.53 Å². The maximum Gasteiger partial charge on any atom is 0.315 e. The normalized spacial score (nSPS) is 20.3. The molecule has 2 N–H and O–H groups in total.